The lowest BCUT2D eigenvalue weighted by Crippen LogP contribution is -1.97. The first kappa shape index (κ1) is 12.3. The van der Waals surface area contributed by atoms with E-state index in [1.165, 1.54) is 6.07 Å². The second-order valence-corrected chi connectivity index (χ2v) is 4.80. The summed E-state index contributed by atoms with van der Waals surface area (Å²) in [4.78, 5) is 4.13. The Morgan fingerprint density at radius 3 is 2.82 bits per heavy atom. The third-order valence-corrected chi connectivity index (χ3v) is 3.41. The minimum atomic E-state index is -0.403. The first-order chi connectivity index (χ1) is 8.08. The summed E-state index contributed by atoms with van der Waals surface area (Å²) in [5, 5.41) is 3.20. The van der Waals surface area contributed by atoms with E-state index in [0.29, 0.717) is 10.8 Å². The maximum Gasteiger partial charge on any atom is 0.148 e. The zero-order valence-corrected chi connectivity index (χ0v) is 11.3. The quantitative estimate of drug-likeness (QED) is 0.869. The van der Waals surface area contributed by atoms with Crippen LogP contribution in [0.5, 0.6) is 0 Å². The van der Waals surface area contributed by atoms with Crippen molar-refractivity contribution < 1.29 is 4.39 Å². The number of benzene rings is 1. The molecular weight excluding hydrogens is 307 g/mol. The van der Waals surface area contributed by atoms with Crippen LogP contribution >= 0.6 is 27.5 Å². The number of para-hydroxylation sites is 1. The molecule has 0 saturated heterocycles. The zero-order chi connectivity index (χ0) is 12.4. The number of rotatable bonds is 2. The maximum absolute atomic E-state index is 13.5. The van der Waals surface area contributed by atoms with E-state index in [9.17, 15) is 4.39 Å². The fourth-order valence-corrected chi connectivity index (χ4v) is 1.78. The first-order valence-electron chi connectivity index (χ1n) is 4.91. The third-order valence-electron chi connectivity index (χ3n) is 2.26. The Labute approximate surface area is 112 Å². The molecule has 0 amide bonds. The highest BCUT2D eigenvalue weighted by Crippen LogP contribution is 2.28. The number of halogens is 3. The van der Waals surface area contributed by atoms with Crippen LogP contribution in [0.15, 0.2) is 34.9 Å². The van der Waals surface area contributed by atoms with Crippen molar-refractivity contribution in [3.63, 3.8) is 0 Å². The van der Waals surface area contributed by atoms with Crippen LogP contribution < -0.4 is 5.32 Å². The summed E-state index contributed by atoms with van der Waals surface area (Å²) in [5.74, 6) is 0.151. The number of hydrogen-bond acceptors (Lipinski definition) is 2. The number of nitrogens with one attached hydrogen (secondary N) is 1. The minimum Gasteiger partial charge on any atom is -0.337 e. The monoisotopic (exact) mass is 314 g/mol. The molecule has 2 rings (SSSR count). The molecule has 2 nitrogen and oxygen atoms in total. The average Bonchev–Trinajstić information content (AvgIpc) is 2.28. The molecule has 5 heteroatoms. The minimum absolute atomic E-state index is 0.239. The lowest BCUT2D eigenvalue weighted by atomic mass is 10.2. The Balaban J connectivity index is 2.35. The highest BCUT2D eigenvalue weighted by atomic mass is 79.9. The highest BCUT2D eigenvalue weighted by Gasteiger charge is 2.08. The van der Waals surface area contributed by atoms with Crippen molar-refractivity contribution in [1.82, 2.24) is 4.98 Å². The smallest absolute Gasteiger partial charge is 0.148 e. The summed E-state index contributed by atoms with van der Waals surface area (Å²) in [6.45, 7) is 1.93. The van der Waals surface area contributed by atoms with Crippen LogP contribution in [-0.2, 0) is 0 Å². The van der Waals surface area contributed by atoms with Crippen molar-refractivity contribution in [2.45, 2.75) is 6.92 Å². The van der Waals surface area contributed by atoms with E-state index in [1.54, 1.807) is 18.3 Å². The molecule has 0 atom stereocenters. The van der Waals surface area contributed by atoms with E-state index in [4.69, 9.17) is 11.6 Å². The van der Waals surface area contributed by atoms with Gasteiger partial charge in [-0.25, -0.2) is 9.37 Å². The summed E-state index contributed by atoms with van der Waals surface area (Å²) in [6, 6.07) is 6.34. The van der Waals surface area contributed by atoms with Crippen molar-refractivity contribution in [1.29, 1.82) is 0 Å². The van der Waals surface area contributed by atoms with Crippen LogP contribution in [0.4, 0.5) is 15.9 Å². The van der Waals surface area contributed by atoms with Gasteiger partial charge in [0, 0.05) is 10.7 Å². The van der Waals surface area contributed by atoms with E-state index in [2.05, 4.69) is 26.2 Å². The Morgan fingerprint density at radius 1 is 1.41 bits per heavy atom. The molecule has 1 aromatic heterocycles. The predicted octanol–water partition coefficient (Wildman–Crippen LogP) is 4.69. The van der Waals surface area contributed by atoms with Crippen LogP contribution in [0.1, 0.15) is 5.56 Å². The van der Waals surface area contributed by atoms with Crippen molar-refractivity contribution in [2.24, 2.45) is 0 Å². The van der Waals surface area contributed by atoms with Crippen LogP contribution in [0.2, 0.25) is 5.02 Å². The van der Waals surface area contributed by atoms with Crippen molar-refractivity contribution >= 4 is 39.0 Å². The molecule has 88 valence electrons. The molecule has 17 heavy (non-hydrogen) atoms. The van der Waals surface area contributed by atoms with Gasteiger partial charge in [-0.05, 0) is 46.6 Å². The maximum atomic E-state index is 13.5. The number of aryl methyl sites for hydroxylation is 1. The molecule has 0 bridgehead atoms. The molecule has 0 fully saturated rings. The average molecular weight is 316 g/mol. The topological polar surface area (TPSA) is 24.9 Å². The highest BCUT2D eigenvalue weighted by molar-refractivity contribution is 9.10. The van der Waals surface area contributed by atoms with Gasteiger partial charge in [0.1, 0.15) is 11.6 Å². The molecule has 2 aromatic rings. The predicted molar refractivity (Wildman–Crippen MR) is 71.4 cm³/mol. The van der Waals surface area contributed by atoms with Gasteiger partial charge in [0.2, 0.25) is 0 Å². The molecule has 1 aromatic carbocycles. The SMILES string of the molecule is Cc1cc(Nc2c(F)cccc2Cl)ncc1Br. The second kappa shape index (κ2) is 5.02. The number of nitrogens with zero attached hydrogens (tertiary/aromatic N) is 1. The summed E-state index contributed by atoms with van der Waals surface area (Å²) in [7, 11) is 0. The third kappa shape index (κ3) is 2.76. The Kier molecular flexibility index (Phi) is 3.64. The fourth-order valence-electron chi connectivity index (χ4n) is 1.35. The van der Waals surface area contributed by atoms with Crippen LogP contribution in [0, 0.1) is 12.7 Å². The second-order valence-electron chi connectivity index (χ2n) is 3.54. The number of hydrogen-bond donors (Lipinski definition) is 1. The molecule has 0 saturated carbocycles. The van der Waals surface area contributed by atoms with E-state index in [-0.39, 0.29) is 5.69 Å². The normalized spacial score (nSPS) is 10.4. The lowest BCUT2D eigenvalue weighted by molar-refractivity contribution is 0.632. The largest absolute Gasteiger partial charge is 0.337 e. The van der Waals surface area contributed by atoms with Crippen molar-refractivity contribution in [3.05, 3.63) is 51.3 Å². The van der Waals surface area contributed by atoms with Gasteiger partial charge in [-0.3, -0.25) is 0 Å². The Hall–Kier alpha value is -1.13. The van der Waals surface area contributed by atoms with Crippen molar-refractivity contribution in [3.8, 4) is 0 Å². The van der Waals surface area contributed by atoms with Gasteiger partial charge < -0.3 is 5.32 Å². The molecule has 0 unspecified atom stereocenters. The molecule has 0 aliphatic rings. The first-order valence-corrected chi connectivity index (χ1v) is 6.08. The van der Waals surface area contributed by atoms with Crippen LogP contribution in [-0.4, -0.2) is 4.98 Å². The van der Waals surface area contributed by atoms with Crippen molar-refractivity contribution in [2.75, 3.05) is 5.32 Å². The molecule has 1 N–H and O–H groups in total. The molecule has 0 spiro atoms. The van der Waals surface area contributed by atoms with Gasteiger partial charge in [0.15, 0.2) is 0 Å². The number of pyridine rings is 1. The Bertz CT molecular complexity index is 540. The zero-order valence-electron chi connectivity index (χ0n) is 8.97. The van der Waals surface area contributed by atoms with Crippen LogP contribution in [0.25, 0.3) is 0 Å². The number of aromatic nitrogens is 1. The van der Waals surface area contributed by atoms with Gasteiger partial charge in [-0.15, -0.1) is 0 Å². The fraction of sp³-hybridized carbons (Fsp3) is 0.0833. The molecular formula is C12H9BrClFN2. The van der Waals surface area contributed by atoms with Gasteiger partial charge >= 0.3 is 0 Å². The molecule has 1 heterocycles. The summed E-state index contributed by atoms with van der Waals surface area (Å²) < 4.78 is 14.4. The van der Waals surface area contributed by atoms with E-state index >= 15 is 0 Å². The molecule has 0 aliphatic carbocycles. The molecule has 0 aliphatic heterocycles. The summed E-state index contributed by atoms with van der Waals surface area (Å²) in [6.07, 6.45) is 1.66. The lowest BCUT2D eigenvalue weighted by Gasteiger charge is -2.09. The standard InChI is InChI=1S/C12H9BrClFN2/c1-7-5-11(16-6-8(7)13)17-12-9(14)3-2-4-10(12)15/h2-6H,1H3,(H,16,17). The van der Waals surface area contributed by atoms with Gasteiger partial charge in [-0.1, -0.05) is 17.7 Å². The number of anilines is 2. The van der Waals surface area contributed by atoms with E-state index < -0.39 is 5.82 Å². The van der Waals surface area contributed by atoms with E-state index in [1.807, 2.05) is 13.0 Å². The summed E-state index contributed by atoms with van der Waals surface area (Å²) in [5.41, 5.74) is 1.25. The van der Waals surface area contributed by atoms with E-state index in [0.717, 1.165) is 10.0 Å². The van der Waals surface area contributed by atoms with Gasteiger partial charge in [-0.2, -0.15) is 0 Å². The summed E-state index contributed by atoms with van der Waals surface area (Å²) >= 11 is 9.26. The van der Waals surface area contributed by atoms with Gasteiger partial charge in [0.25, 0.3) is 0 Å². The Morgan fingerprint density at radius 2 is 2.18 bits per heavy atom. The molecule has 0 radical (unpaired) electrons. The van der Waals surface area contributed by atoms with Crippen LogP contribution in [0.3, 0.4) is 0 Å². The van der Waals surface area contributed by atoms with Gasteiger partial charge in [0.05, 0.1) is 10.7 Å².